The first-order valence-electron chi connectivity index (χ1n) is 9.10. The van der Waals surface area contributed by atoms with Gasteiger partial charge in [0, 0.05) is 6.08 Å². The minimum Gasteiger partial charge on any atom is -0.478 e. The van der Waals surface area contributed by atoms with Crippen molar-refractivity contribution in [2.75, 3.05) is 6.16 Å². The molecule has 1 fully saturated rings. The number of hydrogen-bond donors (Lipinski definition) is 1. The van der Waals surface area contributed by atoms with Crippen molar-refractivity contribution in [1.82, 2.24) is 0 Å². The molecule has 2 nitrogen and oxygen atoms in total. The Labute approximate surface area is 160 Å². The van der Waals surface area contributed by atoms with Crippen LogP contribution in [-0.2, 0) is 9.95 Å². The molecule has 0 amide bonds. The topological polar surface area (TPSA) is 37.3 Å². The van der Waals surface area contributed by atoms with Gasteiger partial charge in [-0.3, -0.25) is 0 Å². The fourth-order valence-electron chi connectivity index (χ4n) is 4.22. The van der Waals surface area contributed by atoms with Gasteiger partial charge in [-0.15, -0.1) is 0 Å². The lowest BCUT2D eigenvalue weighted by molar-refractivity contribution is -0.131. The lowest BCUT2D eigenvalue weighted by Crippen LogP contribution is -2.28. The van der Waals surface area contributed by atoms with Crippen molar-refractivity contribution in [3.05, 3.63) is 114 Å². The Bertz CT molecular complexity index is 910. The number of allylic oxidation sites excluding steroid dienone is 1. The first-order valence-corrected chi connectivity index (χ1v) is 10.6. The van der Waals surface area contributed by atoms with Crippen LogP contribution in [-0.4, -0.2) is 17.2 Å². The summed E-state index contributed by atoms with van der Waals surface area (Å²) in [4.78, 5) is 11.7. The van der Waals surface area contributed by atoms with Gasteiger partial charge in [0.05, 0.1) is 5.16 Å². The largest absolute Gasteiger partial charge is 0.478 e. The molecule has 0 aliphatic carbocycles. The molecule has 1 atom stereocenters. The minimum absolute atomic E-state index is 0.405. The highest BCUT2D eigenvalue weighted by Gasteiger charge is 2.49. The monoisotopic (exact) mass is 372 g/mol. The normalized spacial score (nSPS) is 19.9. The standard InChI is InChI=1S/C24H21O2P/c25-23(26)18-21-16-17-27(22-14-8-3-9-15-22)24(21,19-10-4-1-5-11-19)20-12-6-2-7-13-20/h1-15,18H,16-17H2,(H,25,26). The zero-order valence-electron chi connectivity index (χ0n) is 15.0. The van der Waals surface area contributed by atoms with Crippen LogP contribution in [0, 0.1) is 0 Å². The molecule has 0 aromatic heterocycles. The van der Waals surface area contributed by atoms with Crippen LogP contribution in [0.5, 0.6) is 0 Å². The van der Waals surface area contributed by atoms with Crippen molar-refractivity contribution in [3.63, 3.8) is 0 Å². The molecule has 4 rings (SSSR count). The summed E-state index contributed by atoms with van der Waals surface area (Å²) in [6.07, 6.45) is 3.24. The van der Waals surface area contributed by atoms with Gasteiger partial charge in [-0.25, -0.2) is 4.79 Å². The maximum absolute atomic E-state index is 11.7. The van der Waals surface area contributed by atoms with Gasteiger partial charge in [0.2, 0.25) is 0 Å². The lowest BCUT2D eigenvalue weighted by atomic mass is 9.82. The number of carboxylic acid groups (broad SMARTS) is 1. The van der Waals surface area contributed by atoms with Gasteiger partial charge in [-0.2, -0.15) is 0 Å². The molecule has 3 aromatic carbocycles. The average Bonchev–Trinajstić information content (AvgIpc) is 3.09. The Kier molecular flexibility index (Phi) is 4.92. The quantitative estimate of drug-likeness (QED) is 0.508. The molecule has 3 aromatic rings. The molecule has 134 valence electrons. The van der Waals surface area contributed by atoms with Crippen LogP contribution in [0.4, 0.5) is 0 Å². The first kappa shape index (κ1) is 17.7. The molecule has 0 spiro atoms. The second kappa shape index (κ2) is 7.50. The second-order valence-corrected chi connectivity index (χ2v) is 9.18. The molecule has 3 heteroatoms. The average molecular weight is 372 g/mol. The molecule has 1 aliphatic heterocycles. The van der Waals surface area contributed by atoms with E-state index in [0.29, 0.717) is 0 Å². The number of benzene rings is 3. The Morgan fingerprint density at radius 1 is 0.815 bits per heavy atom. The van der Waals surface area contributed by atoms with Crippen molar-refractivity contribution in [1.29, 1.82) is 0 Å². The van der Waals surface area contributed by atoms with Gasteiger partial charge in [-0.05, 0) is 34.6 Å². The molecule has 27 heavy (non-hydrogen) atoms. The number of aliphatic carboxylic acids is 1. The smallest absolute Gasteiger partial charge is 0.328 e. The molecule has 1 heterocycles. The van der Waals surface area contributed by atoms with Gasteiger partial charge in [0.1, 0.15) is 0 Å². The second-order valence-electron chi connectivity index (χ2n) is 6.69. The van der Waals surface area contributed by atoms with Gasteiger partial charge in [0.15, 0.2) is 0 Å². The summed E-state index contributed by atoms with van der Waals surface area (Å²) < 4.78 is 0. The number of rotatable bonds is 4. The minimum atomic E-state index is -0.869. The summed E-state index contributed by atoms with van der Waals surface area (Å²) in [5.74, 6) is -0.869. The summed E-state index contributed by atoms with van der Waals surface area (Å²) in [5, 5.41) is 10.5. The predicted molar refractivity (Wildman–Crippen MR) is 112 cm³/mol. The lowest BCUT2D eigenvalue weighted by Gasteiger charge is -2.39. The van der Waals surface area contributed by atoms with Crippen LogP contribution >= 0.6 is 7.92 Å². The van der Waals surface area contributed by atoms with E-state index >= 15 is 0 Å². The van der Waals surface area contributed by atoms with Crippen LogP contribution in [0.1, 0.15) is 17.5 Å². The third-order valence-electron chi connectivity index (χ3n) is 5.22. The van der Waals surface area contributed by atoms with E-state index in [4.69, 9.17) is 0 Å². The van der Waals surface area contributed by atoms with Crippen LogP contribution in [0.2, 0.25) is 0 Å². The third-order valence-corrected chi connectivity index (χ3v) is 8.43. The van der Waals surface area contributed by atoms with Gasteiger partial charge < -0.3 is 5.11 Å². The summed E-state index contributed by atoms with van der Waals surface area (Å²) in [5.41, 5.74) is 3.36. The third kappa shape index (κ3) is 3.11. The van der Waals surface area contributed by atoms with E-state index in [1.54, 1.807) is 0 Å². The van der Waals surface area contributed by atoms with E-state index in [2.05, 4.69) is 72.8 Å². The number of carbonyl (C=O) groups is 1. The Morgan fingerprint density at radius 2 is 1.30 bits per heavy atom. The molecule has 1 saturated heterocycles. The maximum Gasteiger partial charge on any atom is 0.328 e. The van der Waals surface area contributed by atoms with Crippen molar-refractivity contribution in [2.45, 2.75) is 11.6 Å². The zero-order valence-corrected chi connectivity index (χ0v) is 15.8. The molecule has 0 radical (unpaired) electrons. The van der Waals surface area contributed by atoms with Crippen molar-refractivity contribution in [3.8, 4) is 0 Å². The molecular formula is C24H21O2P. The van der Waals surface area contributed by atoms with E-state index < -0.39 is 19.0 Å². The number of carboxylic acids is 1. The molecule has 0 saturated carbocycles. The molecule has 1 aliphatic rings. The summed E-state index contributed by atoms with van der Waals surface area (Å²) >= 11 is 0. The molecule has 0 bridgehead atoms. The Balaban J connectivity index is 2.05. The summed E-state index contributed by atoms with van der Waals surface area (Å²) in [7, 11) is -0.642. The fraction of sp³-hybridized carbons (Fsp3) is 0.125. The van der Waals surface area contributed by atoms with Gasteiger partial charge in [-0.1, -0.05) is 98.9 Å². The maximum atomic E-state index is 11.7. The first-order chi connectivity index (χ1) is 13.2. The van der Waals surface area contributed by atoms with E-state index in [9.17, 15) is 9.90 Å². The van der Waals surface area contributed by atoms with Crippen LogP contribution in [0.3, 0.4) is 0 Å². The van der Waals surface area contributed by atoms with E-state index in [1.165, 1.54) is 22.5 Å². The van der Waals surface area contributed by atoms with Crippen molar-refractivity contribution < 1.29 is 9.90 Å². The highest BCUT2D eigenvalue weighted by molar-refractivity contribution is 7.67. The van der Waals surface area contributed by atoms with Crippen LogP contribution < -0.4 is 5.30 Å². The van der Waals surface area contributed by atoms with Gasteiger partial charge in [0.25, 0.3) is 0 Å². The fourth-order valence-corrected chi connectivity index (χ4v) is 7.64. The highest BCUT2D eigenvalue weighted by atomic mass is 31.1. The number of hydrogen-bond acceptors (Lipinski definition) is 1. The summed E-state index contributed by atoms with van der Waals surface area (Å²) in [6.45, 7) is 0. The molecule has 1 N–H and O–H groups in total. The predicted octanol–water partition coefficient (Wildman–Crippen LogP) is 5.15. The molecule has 1 unspecified atom stereocenters. The van der Waals surface area contributed by atoms with Crippen molar-refractivity contribution >= 4 is 19.2 Å². The highest BCUT2D eigenvalue weighted by Crippen LogP contribution is 2.68. The van der Waals surface area contributed by atoms with E-state index in [-0.39, 0.29) is 0 Å². The van der Waals surface area contributed by atoms with Gasteiger partial charge >= 0.3 is 5.97 Å². The van der Waals surface area contributed by atoms with Crippen LogP contribution in [0.25, 0.3) is 0 Å². The SMILES string of the molecule is O=C(O)C=C1CCP(c2ccccc2)C1(c1ccccc1)c1ccccc1. The Hall–Kier alpha value is -2.70. The zero-order chi connectivity index (χ0) is 18.7. The van der Waals surface area contributed by atoms with Crippen LogP contribution in [0.15, 0.2) is 103 Å². The van der Waals surface area contributed by atoms with Crippen molar-refractivity contribution in [2.24, 2.45) is 0 Å². The van der Waals surface area contributed by atoms with E-state index in [0.717, 1.165) is 18.2 Å². The molecular weight excluding hydrogens is 351 g/mol. The van der Waals surface area contributed by atoms with E-state index in [1.807, 2.05) is 18.2 Å². The summed E-state index contributed by atoms with van der Waals surface area (Å²) in [6, 6.07) is 31.4. The Morgan fingerprint density at radius 3 is 1.78 bits per heavy atom.